The van der Waals surface area contributed by atoms with E-state index in [4.69, 9.17) is 0 Å². The number of rotatable bonds is 4. The summed E-state index contributed by atoms with van der Waals surface area (Å²) < 4.78 is 0. The third-order valence-corrected chi connectivity index (χ3v) is 5.53. The topological polar surface area (TPSA) is 90.5 Å². The highest BCUT2D eigenvalue weighted by Crippen LogP contribution is 2.28. The molecular weight excluding hydrogens is 332 g/mol. The average molecular weight is 356 g/mol. The highest BCUT2D eigenvalue weighted by molar-refractivity contribution is 6.05. The third kappa shape index (κ3) is 3.37. The number of nitrogens with zero attached hydrogens (tertiary/aromatic N) is 1. The molecule has 138 valence electrons. The lowest BCUT2D eigenvalue weighted by atomic mass is 10.0. The Hall–Kier alpha value is -2.25. The van der Waals surface area contributed by atoms with Gasteiger partial charge in [-0.15, -0.1) is 0 Å². The van der Waals surface area contributed by atoms with Crippen LogP contribution in [0.5, 0.6) is 0 Å². The number of fused-ring (bicyclic) bond motifs is 1. The molecule has 3 N–H and O–H groups in total. The Morgan fingerprint density at radius 1 is 1.12 bits per heavy atom. The van der Waals surface area contributed by atoms with E-state index < -0.39 is 6.04 Å². The zero-order valence-electron chi connectivity index (χ0n) is 14.7. The predicted octanol–water partition coefficient (Wildman–Crippen LogP) is 0.289. The fourth-order valence-electron chi connectivity index (χ4n) is 4.00. The molecule has 1 aromatic carbocycles. The van der Waals surface area contributed by atoms with Gasteiger partial charge in [-0.25, -0.2) is 0 Å². The quantitative estimate of drug-likeness (QED) is 0.675. The molecule has 2 saturated heterocycles. The van der Waals surface area contributed by atoms with Gasteiger partial charge in [0.05, 0.1) is 0 Å². The summed E-state index contributed by atoms with van der Waals surface area (Å²) in [4.78, 5) is 37.8. The van der Waals surface area contributed by atoms with Crippen molar-refractivity contribution in [3.8, 4) is 0 Å². The molecule has 26 heavy (non-hydrogen) atoms. The van der Waals surface area contributed by atoms with Crippen molar-refractivity contribution in [1.82, 2.24) is 20.9 Å². The molecule has 0 radical (unpaired) electrons. The summed E-state index contributed by atoms with van der Waals surface area (Å²) in [6.07, 6.45) is 2.91. The van der Waals surface area contributed by atoms with E-state index in [1.54, 1.807) is 4.90 Å². The van der Waals surface area contributed by atoms with Gasteiger partial charge < -0.3 is 15.5 Å². The van der Waals surface area contributed by atoms with E-state index in [-0.39, 0.29) is 24.1 Å². The molecule has 3 aliphatic heterocycles. The van der Waals surface area contributed by atoms with Gasteiger partial charge >= 0.3 is 0 Å². The number of amides is 3. The van der Waals surface area contributed by atoms with Crippen molar-refractivity contribution in [2.24, 2.45) is 0 Å². The molecule has 3 amide bonds. The molecule has 3 heterocycles. The van der Waals surface area contributed by atoms with E-state index in [1.165, 1.54) is 0 Å². The van der Waals surface area contributed by atoms with Crippen molar-refractivity contribution in [3.05, 3.63) is 34.9 Å². The second-order valence-corrected chi connectivity index (χ2v) is 7.30. The zero-order valence-corrected chi connectivity index (χ0v) is 14.7. The van der Waals surface area contributed by atoms with Gasteiger partial charge in [0, 0.05) is 31.1 Å². The highest BCUT2D eigenvalue weighted by atomic mass is 16.2. The molecule has 0 aromatic heterocycles. The van der Waals surface area contributed by atoms with Crippen LogP contribution in [0.2, 0.25) is 0 Å². The van der Waals surface area contributed by atoms with Gasteiger partial charge in [-0.05, 0) is 49.5 Å². The van der Waals surface area contributed by atoms with E-state index in [1.807, 2.05) is 18.2 Å². The molecule has 0 saturated carbocycles. The predicted molar refractivity (Wildman–Crippen MR) is 95.2 cm³/mol. The molecule has 3 aliphatic rings. The van der Waals surface area contributed by atoms with Gasteiger partial charge in [-0.2, -0.15) is 0 Å². The first kappa shape index (κ1) is 17.2. The molecule has 0 spiro atoms. The van der Waals surface area contributed by atoms with Gasteiger partial charge in [-0.1, -0.05) is 12.1 Å². The highest BCUT2D eigenvalue weighted by Gasteiger charge is 2.39. The van der Waals surface area contributed by atoms with E-state index in [0.29, 0.717) is 24.6 Å². The first-order valence-corrected chi connectivity index (χ1v) is 9.32. The second kappa shape index (κ2) is 7.17. The molecule has 7 heteroatoms. The summed E-state index contributed by atoms with van der Waals surface area (Å²) in [5, 5.41) is 9.25. The van der Waals surface area contributed by atoms with E-state index in [0.717, 1.165) is 43.6 Å². The second-order valence-electron chi connectivity index (χ2n) is 7.30. The summed E-state index contributed by atoms with van der Waals surface area (Å²) in [6.45, 7) is 3.26. The smallest absolute Gasteiger partial charge is 0.255 e. The number of nitrogens with one attached hydrogen (secondary N) is 3. The molecule has 0 aliphatic carbocycles. The summed E-state index contributed by atoms with van der Waals surface area (Å²) in [7, 11) is 0. The van der Waals surface area contributed by atoms with E-state index in [2.05, 4.69) is 16.0 Å². The van der Waals surface area contributed by atoms with Crippen LogP contribution in [0.1, 0.15) is 47.2 Å². The third-order valence-electron chi connectivity index (χ3n) is 5.53. The van der Waals surface area contributed by atoms with Crippen molar-refractivity contribution >= 4 is 17.7 Å². The summed E-state index contributed by atoms with van der Waals surface area (Å²) in [5.41, 5.74) is 2.71. The van der Waals surface area contributed by atoms with Crippen LogP contribution in [-0.4, -0.2) is 47.8 Å². The van der Waals surface area contributed by atoms with Crippen LogP contribution in [0.3, 0.4) is 0 Å². The van der Waals surface area contributed by atoms with Crippen molar-refractivity contribution in [1.29, 1.82) is 0 Å². The Kier molecular flexibility index (Phi) is 4.74. The number of imide groups is 1. The molecule has 1 aromatic rings. The monoisotopic (exact) mass is 356 g/mol. The normalized spacial score (nSPS) is 23.9. The Labute approximate surface area is 152 Å². The van der Waals surface area contributed by atoms with Gasteiger partial charge in [0.2, 0.25) is 11.8 Å². The number of piperidine rings is 2. The van der Waals surface area contributed by atoms with Crippen molar-refractivity contribution in [2.75, 3.05) is 13.1 Å². The first-order chi connectivity index (χ1) is 12.6. The molecule has 1 unspecified atom stereocenters. The van der Waals surface area contributed by atoms with Gasteiger partial charge in [0.25, 0.3) is 5.91 Å². The Bertz CT molecular complexity index is 742. The lowest BCUT2D eigenvalue weighted by Gasteiger charge is -2.29. The van der Waals surface area contributed by atoms with Crippen molar-refractivity contribution < 1.29 is 14.4 Å². The van der Waals surface area contributed by atoms with E-state index >= 15 is 0 Å². The Morgan fingerprint density at radius 2 is 1.92 bits per heavy atom. The average Bonchev–Trinajstić information content (AvgIpc) is 2.97. The minimum atomic E-state index is -0.552. The maximum Gasteiger partial charge on any atom is 0.255 e. The van der Waals surface area contributed by atoms with Crippen LogP contribution in [0.4, 0.5) is 0 Å². The molecule has 0 bridgehead atoms. The number of hydrogen-bond donors (Lipinski definition) is 3. The lowest BCUT2D eigenvalue weighted by molar-refractivity contribution is -0.136. The van der Waals surface area contributed by atoms with Crippen LogP contribution >= 0.6 is 0 Å². The molecule has 2 fully saturated rings. The van der Waals surface area contributed by atoms with E-state index in [9.17, 15) is 14.4 Å². The minimum Gasteiger partial charge on any atom is -0.322 e. The lowest BCUT2D eigenvalue weighted by Crippen LogP contribution is -2.52. The maximum absolute atomic E-state index is 12.8. The largest absolute Gasteiger partial charge is 0.322 e. The number of hydrogen-bond acceptors (Lipinski definition) is 5. The van der Waals surface area contributed by atoms with Gasteiger partial charge in [-0.3, -0.25) is 19.7 Å². The van der Waals surface area contributed by atoms with Gasteiger partial charge in [0.1, 0.15) is 6.04 Å². The Morgan fingerprint density at radius 3 is 2.69 bits per heavy atom. The number of carbonyl (C=O) groups excluding carboxylic acids is 3. The zero-order chi connectivity index (χ0) is 18.1. The molecule has 1 atom stereocenters. The maximum atomic E-state index is 12.8. The van der Waals surface area contributed by atoms with Crippen LogP contribution in [0.15, 0.2) is 18.2 Å². The standard InChI is InChI=1S/C19H24N4O3/c24-17-4-3-16(18(25)22-17)23-11-13-2-1-12(9-15(13)19(23)26)10-21-14-5-7-20-8-6-14/h1-2,9,14,16,20-21H,3-8,10-11H2,(H,22,24,25). The van der Waals surface area contributed by atoms with Crippen molar-refractivity contribution in [2.45, 2.75) is 50.9 Å². The number of benzene rings is 1. The summed E-state index contributed by atoms with van der Waals surface area (Å²) in [6, 6.07) is 5.94. The molecular formula is C19H24N4O3. The fraction of sp³-hybridized carbons (Fsp3) is 0.526. The van der Waals surface area contributed by atoms with Crippen LogP contribution in [0, 0.1) is 0 Å². The van der Waals surface area contributed by atoms with Crippen LogP contribution < -0.4 is 16.0 Å². The van der Waals surface area contributed by atoms with Crippen LogP contribution in [-0.2, 0) is 22.7 Å². The summed E-state index contributed by atoms with van der Waals surface area (Å²) >= 11 is 0. The fourth-order valence-corrected chi connectivity index (χ4v) is 4.00. The molecule has 7 nitrogen and oxygen atoms in total. The van der Waals surface area contributed by atoms with Crippen LogP contribution in [0.25, 0.3) is 0 Å². The first-order valence-electron chi connectivity index (χ1n) is 9.32. The van der Waals surface area contributed by atoms with Gasteiger partial charge in [0.15, 0.2) is 0 Å². The SMILES string of the molecule is O=C1CCC(N2Cc3ccc(CNC4CCNCC4)cc3C2=O)C(=O)N1. The summed E-state index contributed by atoms with van der Waals surface area (Å²) in [5.74, 6) is -0.741. The van der Waals surface area contributed by atoms with Crippen molar-refractivity contribution in [3.63, 3.8) is 0 Å². The minimum absolute atomic E-state index is 0.113. The molecule has 4 rings (SSSR count). The Balaban J connectivity index is 1.43. The number of carbonyl (C=O) groups is 3.